The molecule has 1 aliphatic heterocycles. The summed E-state index contributed by atoms with van der Waals surface area (Å²) in [4.78, 5) is 13.5. The van der Waals surface area contributed by atoms with E-state index in [4.69, 9.17) is 14.0 Å². The van der Waals surface area contributed by atoms with Gasteiger partial charge in [-0.3, -0.25) is 4.79 Å². The van der Waals surface area contributed by atoms with Crippen molar-refractivity contribution in [1.82, 2.24) is 4.72 Å². The minimum atomic E-state index is -3.44. The summed E-state index contributed by atoms with van der Waals surface area (Å²) < 4.78 is 44.4. The summed E-state index contributed by atoms with van der Waals surface area (Å²) in [6, 6.07) is 16.8. The van der Waals surface area contributed by atoms with Crippen LogP contribution in [0, 0.1) is 5.41 Å². The predicted molar refractivity (Wildman–Crippen MR) is 140 cm³/mol. The Morgan fingerprint density at radius 3 is 2.31 bits per heavy atom. The number of carbonyl (C=O) groups is 1. The number of carbonyl (C=O) groups excluding carboxylic acids is 1. The van der Waals surface area contributed by atoms with Gasteiger partial charge in [-0.05, 0) is 57.1 Å². The van der Waals surface area contributed by atoms with E-state index >= 15 is 0 Å². The fourth-order valence-corrected chi connectivity index (χ4v) is 5.31. The smallest absolute Gasteiger partial charge is 0.460 e. The highest BCUT2D eigenvalue weighted by atomic mass is 32.2. The van der Waals surface area contributed by atoms with Gasteiger partial charge in [0.15, 0.2) is 0 Å². The SMILES string of the molecule is CC1(C)OB(c2cccc(C[C@]3(C(=O)OCc4ccccc4)C=C[C@H](NS(C)(=O)=O)C3)c2)OC1(C)C. The Labute approximate surface area is 214 Å². The summed E-state index contributed by atoms with van der Waals surface area (Å²) in [6.07, 6.45) is 5.26. The molecule has 0 amide bonds. The van der Waals surface area contributed by atoms with E-state index < -0.39 is 39.8 Å². The van der Waals surface area contributed by atoms with Gasteiger partial charge in [-0.25, -0.2) is 13.1 Å². The van der Waals surface area contributed by atoms with Crippen LogP contribution < -0.4 is 10.2 Å². The summed E-state index contributed by atoms with van der Waals surface area (Å²) in [6.45, 7) is 8.17. The van der Waals surface area contributed by atoms with Gasteiger partial charge in [-0.15, -0.1) is 0 Å². The lowest BCUT2D eigenvalue weighted by atomic mass is 9.75. The average molecular weight is 511 g/mol. The molecule has 1 fully saturated rings. The Morgan fingerprint density at radius 2 is 1.67 bits per heavy atom. The van der Waals surface area contributed by atoms with Gasteiger partial charge in [0.2, 0.25) is 10.0 Å². The van der Waals surface area contributed by atoms with Crippen LogP contribution in [0.4, 0.5) is 0 Å². The number of hydrogen-bond donors (Lipinski definition) is 1. The van der Waals surface area contributed by atoms with Crippen LogP contribution in [0.3, 0.4) is 0 Å². The molecule has 4 rings (SSSR count). The number of esters is 1. The number of benzene rings is 2. The van der Waals surface area contributed by atoms with Gasteiger partial charge in [0.05, 0.1) is 22.9 Å². The molecule has 7 nitrogen and oxygen atoms in total. The van der Waals surface area contributed by atoms with Crippen molar-refractivity contribution in [3.05, 3.63) is 77.9 Å². The van der Waals surface area contributed by atoms with Crippen LogP contribution >= 0.6 is 0 Å². The molecule has 2 atom stereocenters. The Morgan fingerprint density at radius 1 is 1.03 bits per heavy atom. The van der Waals surface area contributed by atoms with Gasteiger partial charge in [-0.1, -0.05) is 66.7 Å². The molecule has 2 aromatic carbocycles. The van der Waals surface area contributed by atoms with E-state index in [2.05, 4.69) is 4.72 Å². The normalized spacial score (nSPS) is 24.7. The molecule has 1 aliphatic carbocycles. The van der Waals surface area contributed by atoms with E-state index in [1.807, 2.05) is 82.3 Å². The van der Waals surface area contributed by atoms with Gasteiger partial charge < -0.3 is 14.0 Å². The summed E-state index contributed by atoms with van der Waals surface area (Å²) >= 11 is 0. The minimum Gasteiger partial charge on any atom is -0.460 e. The lowest BCUT2D eigenvalue weighted by molar-refractivity contribution is -0.154. The fourth-order valence-electron chi connectivity index (χ4n) is 4.60. The standard InChI is InChI=1S/C27H34BNO6S/c1-25(2)26(3,4)35-28(34-25)22-13-9-12-21(16-22)17-27(15-14-23(18-27)29-36(5,31)32)24(30)33-19-20-10-7-6-8-11-20/h6-16,23,29H,17-19H2,1-5H3/t23-,27+/m0/s1. The molecule has 2 aliphatic rings. The number of hydrogen-bond acceptors (Lipinski definition) is 6. The fraction of sp³-hybridized carbons (Fsp3) is 0.444. The van der Waals surface area contributed by atoms with Crippen molar-refractivity contribution < 1.29 is 27.3 Å². The molecule has 0 bridgehead atoms. The lowest BCUT2D eigenvalue weighted by Gasteiger charge is -2.32. The molecule has 0 radical (unpaired) electrons. The number of ether oxygens (including phenoxy) is 1. The molecular formula is C27H34BNO6S. The minimum absolute atomic E-state index is 0.146. The van der Waals surface area contributed by atoms with E-state index in [0.29, 0.717) is 6.42 Å². The first kappa shape index (κ1) is 26.6. The number of rotatable bonds is 8. The highest BCUT2D eigenvalue weighted by Crippen LogP contribution is 2.39. The average Bonchev–Trinajstić information content (AvgIpc) is 3.28. The first-order chi connectivity index (χ1) is 16.8. The van der Waals surface area contributed by atoms with E-state index in [1.165, 1.54) is 0 Å². The molecular weight excluding hydrogens is 477 g/mol. The topological polar surface area (TPSA) is 90.9 Å². The molecule has 2 aromatic rings. The molecule has 0 spiro atoms. The molecule has 192 valence electrons. The Bertz CT molecular complexity index is 1230. The van der Waals surface area contributed by atoms with Crippen LogP contribution in [0.25, 0.3) is 0 Å². The third kappa shape index (κ3) is 5.91. The summed E-state index contributed by atoms with van der Waals surface area (Å²) in [5.74, 6) is -0.388. The third-order valence-electron chi connectivity index (χ3n) is 7.21. The molecule has 36 heavy (non-hydrogen) atoms. The summed E-state index contributed by atoms with van der Waals surface area (Å²) in [7, 11) is -3.96. The van der Waals surface area contributed by atoms with Crippen molar-refractivity contribution in [1.29, 1.82) is 0 Å². The monoisotopic (exact) mass is 511 g/mol. The third-order valence-corrected chi connectivity index (χ3v) is 7.94. The van der Waals surface area contributed by atoms with E-state index in [9.17, 15) is 13.2 Å². The highest BCUT2D eigenvalue weighted by molar-refractivity contribution is 7.88. The quantitative estimate of drug-likeness (QED) is 0.333. The molecule has 1 heterocycles. The lowest BCUT2D eigenvalue weighted by Crippen LogP contribution is -2.41. The van der Waals surface area contributed by atoms with Crippen molar-refractivity contribution in [2.45, 2.75) is 64.4 Å². The largest absolute Gasteiger partial charge is 0.494 e. The second kappa shape index (κ2) is 9.78. The molecule has 9 heteroatoms. The van der Waals surface area contributed by atoms with E-state index in [-0.39, 0.29) is 19.0 Å². The number of sulfonamides is 1. The van der Waals surface area contributed by atoms with Gasteiger partial charge in [0.1, 0.15) is 6.61 Å². The van der Waals surface area contributed by atoms with Crippen LogP contribution in [0.15, 0.2) is 66.7 Å². The van der Waals surface area contributed by atoms with Crippen molar-refractivity contribution in [3.8, 4) is 0 Å². The zero-order valence-corrected chi connectivity index (χ0v) is 22.3. The van der Waals surface area contributed by atoms with Crippen LogP contribution in [-0.4, -0.2) is 45.0 Å². The Kier molecular flexibility index (Phi) is 7.23. The van der Waals surface area contributed by atoms with Crippen LogP contribution in [0.1, 0.15) is 45.2 Å². The maximum Gasteiger partial charge on any atom is 0.494 e. The van der Waals surface area contributed by atoms with Crippen molar-refractivity contribution in [3.63, 3.8) is 0 Å². The van der Waals surface area contributed by atoms with E-state index in [0.717, 1.165) is 22.8 Å². The maximum absolute atomic E-state index is 13.5. The molecule has 1 saturated heterocycles. The first-order valence-electron chi connectivity index (χ1n) is 12.1. The summed E-state index contributed by atoms with van der Waals surface area (Å²) in [5, 5.41) is 0. The Balaban J connectivity index is 1.56. The molecule has 1 N–H and O–H groups in total. The van der Waals surface area contributed by atoms with Crippen molar-refractivity contribution in [2.75, 3.05) is 6.26 Å². The zero-order valence-electron chi connectivity index (χ0n) is 21.5. The number of nitrogens with one attached hydrogen (secondary N) is 1. The second-order valence-electron chi connectivity index (χ2n) is 10.8. The molecule has 0 unspecified atom stereocenters. The van der Waals surface area contributed by atoms with Crippen LogP contribution in [0.2, 0.25) is 0 Å². The van der Waals surface area contributed by atoms with Crippen molar-refractivity contribution >= 4 is 28.6 Å². The predicted octanol–water partition coefficient (Wildman–Crippen LogP) is 3.14. The molecule has 0 aromatic heterocycles. The Hall–Kier alpha value is -2.46. The summed E-state index contributed by atoms with van der Waals surface area (Å²) in [5.41, 5.74) is 0.724. The van der Waals surface area contributed by atoms with Gasteiger partial charge in [0.25, 0.3) is 0 Å². The second-order valence-corrected chi connectivity index (χ2v) is 12.6. The van der Waals surface area contributed by atoms with Crippen molar-refractivity contribution in [2.24, 2.45) is 5.41 Å². The molecule has 0 saturated carbocycles. The first-order valence-corrected chi connectivity index (χ1v) is 14.0. The zero-order chi connectivity index (χ0) is 26.2. The van der Waals surface area contributed by atoms with Crippen LogP contribution in [0.5, 0.6) is 0 Å². The van der Waals surface area contributed by atoms with E-state index in [1.54, 1.807) is 12.2 Å². The van der Waals surface area contributed by atoms with Gasteiger partial charge in [0, 0.05) is 6.04 Å². The van der Waals surface area contributed by atoms with Crippen LogP contribution in [-0.2, 0) is 41.9 Å². The van der Waals surface area contributed by atoms with Gasteiger partial charge >= 0.3 is 13.1 Å². The maximum atomic E-state index is 13.5. The highest BCUT2D eigenvalue weighted by Gasteiger charge is 2.52. The van der Waals surface area contributed by atoms with Gasteiger partial charge in [-0.2, -0.15) is 0 Å².